The van der Waals surface area contributed by atoms with E-state index in [1.807, 2.05) is 74.5 Å². The monoisotopic (exact) mass is 456 g/mol. The van der Waals surface area contributed by atoms with E-state index in [1.165, 1.54) is 0 Å². The number of rotatable bonds is 11. The van der Waals surface area contributed by atoms with Crippen LogP contribution in [0.2, 0.25) is 0 Å². The lowest BCUT2D eigenvalue weighted by atomic mass is 10.0. The van der Waals surface area contributed by atoms with Gasteiger partial charge in [0.1, 0.15) is 6.04 Å². The molecule has 4 heteroatoms. The molecule has 0 saturated heterocycles. The molecule has 0 aromatic heterocycles. The van der Waals surface area contributed by atoms with E-state index in [9.17, 15) is 9.59 Å². The third-order valence-corrected chi connectivity index (χ3v) is 5.93. The Labute approximate surface area is 204 Å². The molecule has 0 aliphatic carbocycles. The Morgan fingerprint density at radius 1 is 0.824 bits per heavy atom. The number of carbonyl (C=O) groups is 2. The van der Waals surface area contributed by atoms with Crippen LogP contribution in [0.5, 0.6) is 0 Å². The third kappa shape index (κ3) is 7.58. The van der Waals surface area contributed by atoms with E-state index < -0.39 is 6.04 Å². The van der Waals surface area contributed by atoms with Crippen molar-refractivity contribution in [3.63, 3.8) is 0 Å². The summed E-state index contributed by atoms with van der Waals surface area (Å²) in [5, 5.41) is 3.07. The number of hydrogen-bond acceptors (Lipinski definition) is 2. The normalized spacial score (nSPS) is 11.6. The van der Waals surface area contributed by atoms with Crippen molar-refractivity contribution in [1.82, 2.24) is 10.2 Å². The van der Waals surface area contributed by atoms with Gasteiger partial charge in [0.2, 0.25) is 11.8 Å². The first kappa shape index (κ1) is 25.2. The zero-order valence-corrected chi connectivity index (χ0v) is 20.6. The van der Waals surface area contributed by atoms with Gasteiger partial charge in [0.25, 0.3) is 0 Å². The smallest absolute Gasteiger partial charge is 0.243 e. The summed E-state index contributed by atoms with van der Waals surface area (Å²) in [5.74, 6) is -0.137. The number of aryl methyl sites for hydroxylation is 2. The van der Waals surface area contributed by atoms with Gasteiger partial charge < -0.3 is 10.2 Å². The number of carbonyl (C=O) groups excluding carboxylic acids is 2. The fraction of sp³-hybridized carbons (Fsp3) is 0.333. The van der Waals surface area contributed by atoms with Gasteiger partial charge in [-0.1, -0.05) is 103 Å². The topological polar surface area (TPSA) is 49.4 Å². The molecule has 0 heterocycles. The molecule has 0 unspecified atom stereocenters. The lowest BCUT2D eigenvalue weighted by molar-refractivity contribution is -0.140. The van der Waals surface area contributed by atoms with Crippen molar-refractivity contribution in [2.75, 3.05) is 6.54 Å². The number of benzene rings is 3. The first-order valence-electron chi connectivity index (χ1n) is 12.2. The lowest BCUT2D eigenvalue weighted by Crippen LogP contribution is -2.51. The Morgan fingerprint density at radius 3 is 2.00 bits per heavy atom. The summed E-state index contributed by atoms with van der Waals surface area (Å²) < 4.78 is 0. The van der Waals surface area contributed by atoms with E-state index >= 15 is 0 Å². The highest BCUT2D eigenvalue weighted by molar-refractivity contribution is 5.88. The van der Waals surface area contributed by atoms with Crippen molar-refractivity contribution in [2.45, 2.75) is 59.0 Å². The average molecular weight is 457 g/mol. The predicted molar refractivity (Wildman–Crippen MR) is 138 cm³/mol. The van der Waals surface area contributed by atoms with Crippen molar-refractivity contribution in [3.8, 4) is 0 Å². The summed E-state index contributed by atoms with van der Waals surface area (Å²) in [6.07, 6.45) is 2.66. The highest BCUT2D eigenvalue weighted by Crippen LogP contribution is 2.18. The summed E-state index contributed by atoms with van der Waals surface area (Å²) in [5.41, 5.74) is 5.29. The van der Waals surface area contributed by atoms with Crippen LogP contribution in [0.3, 0.4) is 0 Å². The molecule has 0 fully saturated rings. The molecule has 0 saturated carbocycles. The van der Waals surface area contributed by atoms with Crippen molar-refractivity contribution >= 4 is 11.8 Å². The molecule has 3 rings (SSSR count). The summed E-state index contributed by atoms with van der Waals surface area (Å²) in [6, 6.07) is 25.5. The summed E-state index contributed by atoms with van der Waals surface area (Å²) in [4.78, 5) is 28.9. The van der Waals surface area contributed by atoms with Gasteiger partial charge >= 0.3 is 0 Å². The van der Waals surface area contributed by atoms with Crippen LogP contribution in [-0.4, -0.2) is 29.3 Å². The van der Waals surface area contributed by atoms with Crippen LogP contribution in [0, 0.1) is 13.8 Å². The van der Waals surface area contributed by atoms with Crippen LogP contribution in [-0.2, 0) is 29.0 Å². The second kappa shape index (κ2) is 12.7. The van der Waals surface area contributed by atoms with E-state index in [-0.39, 0.29) is 18.2 Å². The highest BCUT2D eigenvalue weighted by atomic mass is 16.2. The molecular weight excluding hydrogens is 420 g/mol. The molecule has 0 aliphatic rings. The molecule has 0 spiro atoms. The number of nitrogens with one attached hydrogen (secondary N) is 1. The Morgan fingerprint density at radius 2 is 1.41 bits per heavy atom. The Balaban J connectivity index is 1.93. The maximum absolute atomic E-state index is 13.8. The van der Waals surface area contributed by atoms with Gasteiger partial charge in [-0.3, -0.25) is 9.59 Å². The quantitative estimate of drug-likeness (QED) is 0.393. The first-order valence-corrected chi connectivity index (χ1v) is 12.2. The van der Waals surface area contributed by atoms with Crippen LogP contribution in [0.4, 0.5) is 0 Å². The Bertz CT molecular complexity index is 1040. The Kier molecular flexibility index (Phi) is 9.45. The summed E-state index contributed by atoms with van der Waals surface area (Å²) in [7, 11) is 0. The van der Waals surface area contributed by atoms with Crippen LogP contribution >= 0.6 is 0 Å². The molecule has 178 valence electrons. The molecule has 1 N–H and O–H groups in total. The number of nitrogens with zero attached hydrogens (tertiary/aromatic N) is 1. The van der Waals surface area contributed by atoms with Crippen LogP contribution in [0.15, 0.2) is 78.9 Å². The van der Waals surface area contributed by atoms with Crippen LogP contribution < -0.4 is 5.32 Å². The second-order valence-electron chi connectivity index (χ2n) is 9.03. The average Bonchev–Trinajstić information content (AvgIpc) is 2.82. The van der Waals surface area contributed by atoms with Gasteiger partial charge in [0.15, 0.2) is 0 Å². The minimum absolute atomic E-state index is 0.0413. The fourth-order valence-electron chi connectivity index (χ4n) is 4.29. The molecule has 4 nitrogen and oxygen atoms in total. The number of amides is 2. The second-order valence-corrected chi connectivity index (χ2v) is 9.03. The van der Waals surface area contributed by atoms with E-state index in [4.69, 9.17) is 0 Å². The van der Waals surface area contributed by atoms with Crippen molar-refractivity contribution in [2.24, 2.45) is 0 Å². The standard InChI is InChI=1S/C30H36N2O2/c1-4-5-16-31-30(34)28(20-25-12-8-6-9-13-25)32(22-26-14-10-7-11-15-26)29(33)21-27-18-23(2)17-24(3)19-27/h6-15,17-19,28H,4-5,16,20-22H2,1-3H3,(H,31,34)/t28-/m1/s1. The van der Waals surface area contributed by atoms with Gasteiger partial charge in [-0.05, 0) is 37.0 Å². The molecule has 2 amide bonds. The largest absolute Gasteiger partial charge is 0.354 e. The van der Waals surface area contributed by atoms with Gasteiger partial charge in [0.05, 0.1) is 6.42 Å². The van der Waals surface area contributed by atoms with Gasteiger partial charge in [0, 0.05) is 19.5 Å². The van der Waals surface area contributed by atoms with Gasteiger partial charge in [-0.2, -0.15) is 0 Å². The minimum atomic E-state index is -0.585. The van der Waals surface area contributed by atoms with E-state index in [0.29, 0.717) is 19.5 Å². The third-order valence-electron chi connectivity index (χ3n) is 5.93. The van der Waals surface area contributed by atoms with Gasteiger partial charge in [-0.15, -0.1) is 0 Å². The predicted octanol–water partition coefficient (Wildman–Crippen LogP) is 5.40. The first-order chi connectivity index (χ1) is 16.5. The highest BCUT2D eigenvalue weighted by Gasteiger charge is 2.30. The van der Waals surface area contributed by atoms with E-state index in [0.717, 1.165) is 40.7 Å². The zero-order valence-electron chi connectivity index (χ0n) is 20.6. The minimum Gasteiger partial charge on any atom is -0.354 e. The number of unbranched alkanes of at least 4 members (excludes halogenated alkanes) is 1. The fourth-order valence-corrected chi connectivity index (χ4v) is 4.29. The molecule has 3 aromatic carbocycles. The van der Waals surface area contributed by atoms with Crippen LogP contribution in [0.25, 0.3) is 0 Å². The van der Waals surface area contributed by atoms with Crippen molar-refractivity contribution in [3.05, 3.63) is 107 Å². The van der Waals surface area contributed by atoms with Crippen molar-refractivity contribution in [1.29, 1.82) is 0 Å². The molecule has 34 heavy (non-hydrogen) atoms. The molecule has 1 atom stereocenters. The molecule has 0 radical (unpaired) electrons. The molecule has 0 bridgehead atoms. The maximum Gasteiger partial charge on any atom is 0.243 e. The van der Waals surface area contributed by atoms with E-state index in [1.54, 1.807) is 4.90 Å². The SMILES string of the molecule is CCCCNC(=O)[C@@H](Cc1ccccc1)N(Cc1ccccc1)C(=O)Cc1cc(C)cc(C)c1. The summed E-state index contributed by atoms with van der Waals surface area (Å²) >= 11 is 0. The molecular formula is C30H36N2O2. The lowest BCUT2D eigenvalue weighted by Gasteiger charge is -2.32. The zero-order chi connectivity index (χ0) is 24.3. The molecule has 0 aliphatic heterocycles. The van der Waals surface area contributed by atoms with E-state index in [2.05, 4.69) is 30.4 Å². The van der Waals surface area contributed by atoms with Crippen molar-refractivity contribution < 1.29 is 9.59 Å². The molecule has 3 aromatic rings. The Hall–Kier alpha value is -3.40. The summed E-state index contributed by atoms with van der Waals surface area (Å²) in [6.45, 7) is 7.20. The maximum atomic E-state index is 13.8. The van der Waals surface area contributed by atoms with Gasteiger partial charge in [-0.25, -0.2) is 0 Å². The van der Waals surface area contributed by atoms with Crippen LogP contribution in [0.1, 0.15) is 47.6 Å². The number of hydrogen-bond donors (Lipinski definition) is 1.